The highest BCUT2D eigenvalue weighted by Crippen LogP contribution is 2.62. The van der Waals surface area contributed by atoms with E-state index in [1.165, 1.54) is 12.5 Å². The molecule has 6 atom stereocenters. The summed E-state index contributed by atoms with van der Waals surface area (Å²) in [4.78, 5) is 24.5. The monoisotopic (exact) mass is 332 g/mol. The molecule has 2 fully saturated rings. The lowest BCUT2D eigenvalue weighted by Crippen LogP contribution is -2.61. The zero-order valence-electron chi connectivity index (χ0n) is 14.8. The average molecular weight is 332 g/mol. The molecule has 3 aliphatic carbocycles. The predicted octanol–water partition coefficient (Wildman–Crippen LogP) is 3.36. The van der Waals surface area contributed by atoms with Crippen molar-refractivity contribution in [2.45, 2.75) is 59.0 Å². The first kappa shape index (κ1) is 17.4. The lowest BCUT2D eigenvalue weighted by molar-refractivity contribution is -0.177. The third-order valence-electron chi connectivity index (χ3n) is 7.32. The molecule has 24 heavy (non-hydrogen) atoms. The number of aliphatic hydroxyl groups is 1. The van der Waals surface area contributed by atoms with Crippen molar-refractivity contribution in [2.75, 3.05) is 0 Å². The van der Waals surface area contributed by atoms with E-state index in [0.717, 1.165) is 19.3 Å². The van der Waals surface area contributed by atoms with Gasteiger partial charge in [0.05, 0.1) is 6.10 Å². The van der Waals surface area contributed by atoms with Crippen LogP contribution in [0.2, 0.25) is 0 Å². The van der Waals surface area contributed by atoms with E-state index in [4.69, 9.17) is 0 Å². The van der Waals surface area contributed by atoms with Crippen molar-refractivity contribution in [3.63, 3.8) is 0 Å². The second-order valence-corrected chi connectivity index (χ2v) is 8.77. The Balaban J connectivity index is 2.09. The summed E-state index contributed by atoms with van der Waals surface area (Å²) in [7, 11) is 0. The van der Waals surface area contributed by atoms with Crippen molar-refractivity contribution in [3.8, 4) is 0 Å². The van der Waals surface area contributed by atoms with Crippen molar-refractivity contribution in [1.29, 1.82) is 0 Å². The molecule has 0 aliphatic heterocycles. The normalized spacial score (nSPS) is 48.1. The summed E-state index contributed by atoms with van der Waals surface area (Å²) in [6.45, 7) is 9.74. The Kier molecular flexibility index (Phi) is 3.83. The molecular weight excluding hydrogens is 304 g/mol. The molecule has 0 aromatic carbocycles. The van der Waals surface area contributed by atoms with Crippen molar-refractivity contribution < 1.29 is 19.8 Å². The molecule has 3 aliphatic rings. The third kappa shape index (κ3) is 2.15. The zero-order chi connectivity index (χ0) is 17.9. The van der Waals surface area contributed by atoms with Crippen molar-refractivity contribution >= 4 is 11.8 Å². The molecular formula is C20H28O4. The number of ketones is 1. The van der Waals surface area contributed by atoms with E-state index in [9.17, 15) is 19.8 Å². The molecule has 132 valence electrons. The summed E-state index contributed by atoms with van der Waals surface area (Å²) in [6.07, 6.45) is 6.71. The van der Waals surface area contributed by atoms with Crippen LogP contribution in [0.1, 0.15) is 52.9 Å². The number of carboxylic acid groups (broad SMARTS) is 1. The van der Waals surface area contributed by atoms with Gasteiger partial charge in [0.15, 0.2) is 0 Å². The van der Waals surface area contributed by atoms with Gasteiger partial charge in [-0.2, -0.15) is 0 Å². The van der Waals surface area contributed by atoms with Crippen LogP contribution in [0, 0.1) is 28.1 Å². The van der Waals surface area contributed by atoms with Gasteiger partial charge in [0.1, 0.15) is 11.2 Å². The smallest absolute Gasteiger partial charge is 0.317 e. The minimum atomic E-state index is -1.51. The maximum absolute atomic E-state index is 12.5. The van der Waals surface area contributed by atoms with E-state index in [2.05, 4.69) is 20.4 Å². The van der Waals surface area contributed by atoms with E-state index >= 15 is 0 Å². The molecule has 0 heterocycles. The predicted molar refractivity (Wildman–Crippen MR) is 91.3 cm³/mol. The fraction of sp³-hybridized carbons (Fsp3) is 0.700. The van der Waals surface area contributed by atoms with E-state index in [1.54, 1.807) is 0 Å². The van der Waals surface area contributed by atoms with Gasteiger partial charge in [-0.25, -0.2) is 0 Å². The quantitative estimate of drug-likeness (QED) is 0.601. The Morgan fingerprint density at radius 3 is 2.58 bits per heavy atom. The second kappa shape index (κ2) is 5.29. The maximum atomic E-state index is 12.5. The number of Topliss-reactive ketones (excluding diaryl/α,β-unsaturated/α-hetero) is 1. The molecule has 0 radical (unpaired) electrons. The molecule has 0 aromatic heterocycles. The molecule has 3 rings (SSSR count). The van der Waals surface area contributed by atoms with Gasteiger partial charge < -0.3 is 10.2 Å². The number of aliphatic hydroxyl groups excluding tert-OH is 1. The number of hydrogen-bond acceptors (Lipinski definition) is 3. The molecule has 0 amide bonds. The van der Waals surface area contributed by atoms with Gasteiger partial charge in [-0.05, 0) is 49.4 Å². The summed E-state index contributed by atoms with van der Waals surface area (Å²) >= 11 is 0. The minimum Gasteiger partial charge on any atom is -0.480 e. The first-order chi connectivity index (χ1) is 11.1. The Labute approximate surface area is 143 Å². The molecule has 0 bridgehead atoms. The Morgan fingerprint density at radius 1 is 1.33 bits per heavy atom. The van der Waals surface area contributed by atoms with Crippen molar-refractivity contribution in [3.05, 3.63) is 24.3 Å². The fourth-order valence-electron chi connectivity index (χ4n) is 5.76. The van der Waals surface area contributed by atoms with Crippen LogP contribution in [0.4, 0.5) is 0 Å². The maximum Gasteiger partial charge on any atom is 0.317 e. The number of rotatable bonds is 2. The Hall–Kier alpha value is -1.42. The average Bonchev–Trinajstić information content (AvgIpc) is 2.50. The van der Waals surface area contributed by atoms with E-state index in [1.807, 2.05) is 12.2 Å². The highest BCUT2D eigenvalue weighted by Gasteiger charge is 2.64. The van der Waals surface area contributed by atoms with Gasteiger partial charge in [0.25, 0.3) is 0 Å². The summed E-state index contributed by atoms with van der Waals surface area (Å²) in [6, 6.07) is 0. The van der Waals surface area contributed by atoms with Crippen LogP contribution in [-0.2, 0) is 9.59 Å². The lowest BCUT2D eigenvalue weighted by Gasteiger charge is -2.59. The number of fused-ring (bicyclic) bond motifs is 3. The van der Waals surface area contributed by atoms with Gasteiger partial charge in [-0.1, -0.05) is 31.6 Å². The van der Waals surface area contributed by atoms with Crippen molar-refractivity contribution in [1.82, 2.24) is 0 Å². The number of carbonyl (C=O) groups is 2. The van der Waals surface area contributed by atoms with Crippen molar-refractivity contribution in [2.24, 2.45) is 28.1 Å². The minimum absolute atomic E-state index is 0.0336. The summed E-state index contributed by atoms with van der Waals surface area (Å²) in [5.74, 6) is -1.68. The number of carbonyl (C=O) groups excluding carboxylic acids is 1. The van der Waals surface area contributed by atoms with Gasteiger partial charge in [0.2, 0.25) is 0 Å². The van der Waals surface area contributed by atoms with Gasteiger partial charge in [0, 0.05) is 12.3 Å². The van der Waals surface area contributed by atoms with Gasteiger partial charge >= 0.3 is 5.97 Å². The van der Waals surface area contributed by atoms with Crippen LogP contribution < -0.4 is 0 Å². The van der Waals surface area contributed by atoms with E-state index < -0.39 is 23.4 Å². The summed E-state index contributed by atoms with van der Waals surface area (Å²) in [5, 5.41) is 20.6. The topological polar surface area (TPSA) is 74.6 Å². The molecule has 0 spiro atoms. The molecule has 2 saturated carbocycles. The SMILES string of the molecule is C=CC1(C)CCC2C(=CC(O)C3C(C)(C(=O)O)C(=O)CCC23C)C1. The molecule has 0 saturated heterocycles. The molecule has 2 N–H and O–H groups in total. The lowest BCUT2D eigenvalue weighted by atomic mass is 9.44. The van der Waals surface area contributed by atoms with Crippen LogP contribution in [0.15, 0.2) is 24.3 Å². The summed E-state index contributed by atoms with van der Waals surface area (Å²) < 4.78 is 0. The van der Waals surface area contributed by atoms with Gasteiger partial charge in [-0.15, -0.1) is 6.58 Å². The largest absolute Gasteiger partial charge is 0.480 e. The standard InChI is InChI=1S/C20H28O4/c1-5-18(2)8-6-13-12(11-18)10-14(21)16-19(13,3)9-7-15(22)20(16,4)17(23)24/h5,10,13-14,16,21H,1,6-9,11H2,2-4H3,(H,23,24). The molecule has 0 aromatic rings. The number of allylic oxidation sites excluding steroid dienone is 2. The van der Waals surface area contributed by atoms with Crippen LogP contribution in [0.5, 0.6) is 0 Å². The van der Waals surface area contributed by atoms with Crippen LogP contribution >= 0.6 is 0 Å². The van der Waals surface area contributed by atoms with Crippen LogP contribution in [0.25, 0.3) is 0 Å². The van der Waals surface area contributed by atoms with Crippen LogP contribution in [-0.4, -0.2) is 28.1 Å². The Bertz CT molecular complexity index is 636. The first-order valence-corrected chi connectivity index (χ1v) is 8.87. The molecule has 4 nitrogen and oxygen atoms in total. The molecule has 6 unspecified atom stereocenters. The number of aliphatic carboxylic acids is 1. The van der Waals surface area contributed by atoms with Gasteiger partial charge in [-0.3, -0.25) is 9.59 Å². The molecule has 4 heteroatoms. The van der Waals surface area contributed by atoms with E-state index in [-0.39, 0.29) is 29.0 Å². The van der Waals surface area contributed by atoms with E-state index in [0.29, 0.717) is 6.42 Å². The first-order valence-electron chi connectivity index (χ1n) is 8.87. The Morgan fingerprint density at radius 2 is 2.00 bits per heavy atom. The third-order valence-corrected chi connectivity index (χ3v) is 7.32. The fourth-order valence-corrected chi connectivity index (χ4v) is 5.76. The number of carboxylic acids is 1. The highest BCUT2D eigenvalue weighted by atomic mass is 16.4. The summed E-state index contributed by atoms with van der Waals surface area (Å²) in [5.41, 5.74) is -0.607. The highest BCUT2D eigenvalue weighted by molar-refractivity contribution is 6.04. The van der Waals surface area contributed by atoms with Crippen LogP contribution in [0.3, 0.4) is 0 Å². The number of hydrogen-bond donors (Lipinski definition) is 2. The second-order valence-electron chi connectivity index (χ2n) is 8.77. The zero-order valence-corrected chi connectivity index (χ0v) is 14.8.